The van der Waals surface area contributed by atoms with Crippen molar-refractivity contribution in [1.29, 1.82) is 0 Å². The second-order valence-corrected chi connectivity index (χ2v) is 4.08. The van der Waals surface area contributed by atoms with Crippen LogP contribution in [0.15, 0.2) is 42.5 Å². The number of esters is 1. The second-order valence-electron chi connectivity index (χ2n) is 4.08. The maximum atomic E-state index is 12.0. The molecule has 0 saturated heterocycles. The molecule has 2 aromatic rings. The van der Waals surface area contributed by atoms with Crippen LogP contribution in [-0.4, -0.2) is 25.0 Å². The molecular weight excluding hydrogens is 254 g/mol. The topological polar surface area (TPSA) is 55.4 Å². The minimum absolute atomic E-state index is 0.116. The minimum atomic E-state index is -0.530. The minimum Gasteiger partial charge on any atom is -0.452 e. The predicted molar refractivity (Wildman–Crippen MR) is 76.1 cm³/mol. The number of nitrogens with one attached hydrogen (secondary N) is 1. The van der Waals surface area contributed by atoms with Crippen molar-refractivity contribution in [3.8, 4) is 12.3 Å². The Labute approximate surface area is 116 Å². The van der Waals surface area contributed by atoms with E-state index in [1.165, 1.54) is 0 Å². The van der Waals surface area contributed by atoms with Crippen LogP contribution in [-0.2, 0) is 9.53 Å². The van der Waals surface area contributed by atoms with Gasteiger partial charge in [0.25, 0.3) is 5.91 Å². The van der Waals surface area contributed by atoms with Gasteiger partial charge in [0.05, 0.1) is 12.1 Å². The number of hydrogen-bond acceptors (Lipinski definition) is 3. The fourth-order valence-electron chi connectivity index (χ4n) is 1.81. The fraction of sp³-hybridized carbons (Fsp3) is 0.125. The van der Waals surface area contributed by atoms with Crippen molar-refractivity contribution in [3.63, 3.8) is 0 Å². The van der Waals surface area contributed by atoms with Crippen LogP contribution < -0.4 is 5.32 Å². The second kappa shape index (κ2) is 6.39. The lowest BCUT2D eigenvalue weighted by Crippen LogP contribution is -2.29. The molecule has 20 heavy (non-hydrogen) atoms. The Morgan fingerprint density at radius 3 is 2.70 bits per heavy atom. The summed E-state index contributed by atoms with van der Waals surface area (Å²) in [7, 11) is 0. The molecule has 0 aliphatic rings. The highest BCUT2D eigenvalue weighted by Gasteiger charge is 2.12. The van der Waals surface area contributed by atoms with Gasteiger partial charge in [-0.15, -0.1) is 6.42 Å². The third-order valence-corrected chi connectivity index (χ3v) is 2.73. The Balaban J connectivity index is 2.09. The normalized spacial score (nSPS) is 9.75. The van der Waals surface area contributed by atoms with Crippen molar-refractivity contribution in [2.75, 3.05) is 13.2 Å². The van der Waals surface area contributed by atoms with Crippen LogP contribution in [0.5, 0.6) is 0 Å². The summed E-state index contributed by atoms with van der Waals surface area (Å²) in [5.74, 6) is 1.32. The molecule has 0 fully saturated rings. The highest BCUT2D eigenvalue weighted by Crippen LogP contribution is 2.19. The van der Waals surface area contributed by atoms with Gasteiger partial charge in [-0.05, 0) is 16.8 Å². The standard InChI is InChI=1S/C16H13NO3/c1-2-10-17-15(18)11-20-16(19)14-9-5-7-12-6-3-4-8-13(12)14/h1,3-9H,10-11H2,(H,17,18). The van der Waals surface area contributed by atoms with Crippen molar-refractivity contribution in [2.45, 2.75) is 0 Å². The quantitative estimate of drug-likeness (QED) is 0.678. The summed E-state index contributed by atoms with van der Waals surface area (Å²) in [6.07, 6.45) is 5.01. The number of carbonyl (C=O) groups is 2. The molecule has 0 saturated carbocycles. The highest BCUT2D eigenvalue weighted by atomic mass is 16.5. The number of fused-ring (bicyclic) bond motifs is 1. The lowest BCUT2D eigenvalue weighted by atomic mass is 10.1. The first-order valence-corrected chi connectivity index (χ1v) is 6.07. The first-order valence-electron chi connectivity index (χ1n) is 6.07. The van der Waals surface area contributed by atoms with Gasteiger partial charge in [0, 0.05) is 0 Å². The molecule has 1 amide bonds. The summed E-state index contributed by atoms with van der Waals surface area (Å²) in [4.78, 5) is 23.3. The molecule has 0 radical (unpaired) electrons. The van der Waals surface area contributed by atoms with E-state index >= 15 is 0 Å². The Bertz CT molecular complexity index is 680. The van der Waals surface area contributed by atoms with Gasteiger partial charge in [0.15, 0.2) is 6.61 Å². The lowest BCUT2D eigenvalue weighted by molar-refractivity contribution is -0.123. The first-order chi connectivity index (χ1) is 9.72. The van der Waals surface area contributed by atoms with E-state index < -0.39 is 11.9 Å². The molecule has 2 aromatic carbocycles. The monoisotopic (exact) mass is 267 g/mol. The molecule has 0 atom stereocenters. The molecule has 0 heterocycles. The van der Waals surface area contributed by atoms with E-state index in [0.29, 0.717) is 5.56 Å². The van der Waals surface area contributed by atoms with Crippen molar-refractivity contribution in [3.05, 3.63) is 48.0 Å². The number of amides is 1. The summed E-state index contributed by atoms with van der Waals surface area (Å²) in [5, 5.41) is 4.16. The van der Waals surface area contributed by atoms with Crippen LogP contribution in [0.1, 0.15) is 10.4 Å². The Morgan fingerprint density at radius 2 is 1.90 bits per heavy atom. The van der Waals surface area contributed by atoms with Gasteiger partial charge in [-0.2, -0.15) is 0 Å². The van der Waals surface area contributed by atoms with Crippen molar-refractivity contribution in [1.82, 2.24) is 5.32 Å². The third kappa shape index (κ3) is 3.15. The summed E-state index contributed by atoms with van der Waals surface area (Å²) < 4.78 is 4.98. The van der Waals surface area contributed by atoms with E-state index in [-0.39, 0.29) is 13.2 Å². The summed E-state index contributed by atoms with van der Waals surface area (Å²) in [6, 6.07) is 12.8. The zero-order valence-electron chi connectivity index (χ0n) is 10.8. The lowest BCUT2D eigenvalue weighted by Gasteiger charge is -2.07. The van der Waals surface area contributed by atoms with Gasteiger partial charge in [-0.3, -0.25) is 4.79 Å². The molecule has 0 aliphatic carbocycles. The Hall–Kier alpha value is -2.80. The SMILES string of the molecule is C#CCNC(=O)COC(=O)c1cccc2ccccc12. The van der Waals surface area contributed by atoms with Gasteiger partial charge >= 0.3 is 5.97 Å². The molecule has 2 rings (SSSR count). The van der Waals surface area contributed by atoms with Gasteiger partial charge in [-0.1, -0.05) is 42.3 Å². The fourth-order valence-corrected chi connectivity index (χ4v) is 1.81. The maximum absolute atomic E-state index is 12.0. The molecular formula is C16H13NO3. The van der Waals surface area contributed by atoms with E-state index in [1.54, 1.807) is 12.1 Å². The predicted octanol–water partition coefficient (Wildman–Crippen LogP) is 1.75. The van der Waals surface area contributed by atoms with Crippen molar-refractivity contribution >= 4 is 22.6 Å². The molecule has 100 valence electrons. The Morgan fingerprint density at radius 1 is 1.15 bits per heavy atom. The first kappa shape index (κ1) is 13.6. The van der Waals surface area contributed by atoms with Crippen LogP contribution in [0.25, 0.3) is 10.8 Å². The largest absolute Gasteiger partial charge is 0.452 e. The highest BCUT2D eigenvalue weighted by molar-refractivity contribution is 6.04. The van der Waals surface area contributed by atoms with Crippen LogP contribution >= 0.6 is 0 Å². The molecule has 0 spiro atoms. The molecule has 4 heteroatoms. The van der Waals surface area contributed by atoms with Crippen LogP contribution in [0, 0.1) is 12.3 Å². The molecule has 4 nitrogen and oxygen atoms in total. The smallest absolute Gasteiger partial charge is 0.339 e. The number of carbonyl (C=O) groups excluding carboxylic acids is 2. The Kier molecular flexibility index (Phi) is 4.35. The number of rotatable bonds is 4. The van der Waals surface area contributed by atoms with E-state index in [4.69, 9.17) is 11.2 Å². The van der Waals surface area contributed by atoms with Crippen LogP contribution in [0.2, 0.25) is 0 Å². The number of terminal acetylenes is 1. The van der Waals surface area contributed by atoms with Gasteiger partial charge < -0.3 is 10.1 Å². The zero-order chi connectivity index (χ0) is 14.4. The van der Waals surface area contributed by atoms with E-state index in [9.17, 15) is 9.59 Å². The third-order valence-electron chi connectivity index (χ3n) is 2.73. The molecule has 0 aromatic heterocycles. The average molecular weight is 267 g/mol. The van der Waals surface area contributed by atoms with Gasteiger partial charge in [0.1, 0.15) is 0 Å². The summed E-state index contributed by atoms with van der Waals surface area (Å²) >= 11 is 0. The zero-order valence-corrected chi connectivity index (χ0v) is 10.8. The molecule has 1 N–H and O–H groups in total. The molecule has 0 unspecified atom stereocenters. The van der Waals surface area contributed by atoms with E-state index in [0.717, 1.165) is 10.8 Å². The number of ether oxygens (including phenoxy) is 1. The van der Waals surface area contributed by atoms with Crippen LogP contribution in [0.4, 0.5) is 0 Å². The van der Waals surface area contributed by atoms with Crippen molar-refractivity contribution in [2.24, 2.45) is 0 Å². The van der Waals surface area contributed by atoms with Gasteiger partial charge in [0.2, 0.25) is 0 Å². The van der Waals surface area contributed by atoms with E-state index in [2.05, 4.69) is 11.2 Å². The average Bonchev–Trinajstić information content (AvgIpc) is 2.50. The maximum Gasteiger partial charge on any atom is 0.339 e. The summed E-state index contributed by atoms with van der Waals surface area (Å²) in [5.41, 5.74) is 0.438. The van der Waals surface area contributed by atoms with Crippen LogP contribution in [0.3, 0.4) is 0 Å². The van der Waals surface area contributed by atoms with Gasteiger partial charge in [-0.25, -0.2) is 4.79 Å². The number of hydrogen-bond donors (Lipinski definition) is 1. The summed E-state index contributed by atoms with van der Waals surface area (Å²) in [6.45, 7) is -0.228. The molecule has 0 aliphatic heterocycles. The molecule has 0 bridgehead atoms. The van der Waals surface area contributed by atoms with Crippen molar-refractivity contribution < 1.29 is 14.3 Å². The van der Waals surface area contributed by atoms with E-state index in [1.807, 2.05) is 30.3 Å². The number of benzene rings is 2.